The van der Waals surface area contributed by atoms with Gasteiger partial charge in [0.05, 0.1) is 18.1 Å². The first kappa shape index (κ1) is 18.0. The van der Waals surface area contributed by atoms with Crippen LogP contribution >= 0.6 is 0 Å². The SMILES string of the molecule is CC(C)Cc1ccc(Nc2ncc(Nc3ccc4c(c3)CNC4=O)cn2)cc1. The molecule has 3 aromatic rings. The van der Waals surface area contributed by atoms with Crippen molar-refractivity contribution < 1.29 is 4.79 Å². The van der Waals surface area contributed by atoms with Crippen LogP contribution < -0.4 is 16.0 Å². The Morgan fingerprint density at radius 3 is 2.39 bits per heavy atom. The molecule has 28 heavy (non-hydrogen) atoms. The van der Waals surface area contributed by atoms with Gasteiger partial charge in [0, 0.05) is 23.5 Å². The fourth-order valence-electron chi connectivity index (χ4n) is 3.26. The summed E-state index contributed by atoms with van der Waals surface area (Å²) in [6, 6.07) is 14.0. The normalized spacial score (nSPS) is 12.6. The van der Waals surface area contributed by atoms with Crippen molar-refractivity contribution in [2.45, 2.75) is 26.8 Å². The van der Waals surface area contributed by atoms with Crippen molar-refractivity contribution in [3.8, 4) is 0 Å². The molecule has 0 saturated heterocycles. The van der Waals surface area contributed by atoms with Crippen LogP contribution in [0.5, 0.6) is 0 Å². The monoisotopic (exact) mass is 373 g/mol. The number of hydrogen-bond acceptors (Lipinski definition) is 5. The number of carbonyl (C=O) groups excluding carboxylic acids is 1. The molecule has 142 valence electrons. The van der Waals surface area contributed by atoms with E-state index in [-0.39, 0.29) is 5.91 Å². The highest BCUT2D eigenvalue weighted by molar-refractivity contribution is 5.98. The van der Waals surface area contributed by atoms with E-state index in [1.807, 2.05) is 30.3 Å². The van der Waals surface area contributed by atoms with Crippen molar-refractivity contribution in [1.29, 1.82) is 0 Å². The first-order valence-electron chi connectivity index (χ1n) is 9.43. The van der Waals surface area contributed by atoms with E-state index < -0.39 is 0 Å². The van der Waals surface area contributed by atoms with Gasteiger partial charge in [-0.05, 0) is 53.8 Å². The minimum atomic E-state index is -0.0162. The van der Waals surface area contributed by atoms with Gasteiger partial charge in [-0.3, -0.25) is 4.79 Å². The number of aromatic nitrogens is 2. The molecule has 0 unspecified atom stereocenters. The molecule has 0 fully saturated rings. The number of rotatable bonds is 6. The molecular weight excluding hydrogens is 350 g/mol. The molecule has 0 saturated carbocycles. The van der Waals surface area contributed by atoms with Crippen molar-refractivity contribution in [1.82, 2.24) is 15.3 Å². The molecule has 2 heterocycles. The molecule has 1 amide bonds. The Hall–Kier alpha value is -3.41. The number of amides is 1. The van der Waals surface area contributed by atoms with Gasteiger partial charge in [-0.15, -0.1) is 0 Å². The van der Waals surface area contributed by atoms with Gasteiger partial charge in [0.15, 0.2) is 0 Å². The van der Waals surface area contributed by atoms with Crippen LogP contribution in [0.15, 0.2) is 54.9 Å². The number of nitrogens with zero attached hydrogens (tertiary/aromatic N) is 2. The number of carbonyl (C=O) groups is 1. The summed E-state index contributed by atoms with van der Waals surface area (Å²) in [5.74, 6) is 1.17. The van der Waals surface area contributed by atoms with Gasteiger partial charge >= 0.3 is 0 Å². The summed E-state index contributed by atoms with van der Waals surface area (Å²) in [4.78, 5) is 20.4. The van der Waals surface area contributed by atoms with Gasteiger partial charge in [-0.2, -0.15) is 0 Å². The average molecular weight is 373 g/mol. The third-order valence-corrected chi connectivity index (χ3v) is 4.58. The Morgan fingerprint density at radius 1 is 0.964 bits per heavy atom. The van der Waals surface area contributed by atoms with Crippen LogP contribution in [0.1, 0.15) is 35.3 Å². The molecule has 1 aromatic heterocycles. The van der Waals surface area contributed by atoms with Crippen LogP contribution in [0.25, 0.3) is 0 Å². The predicted octanol–water partition coefficient (Wildman–Crippen LogP) is 4.41. The molecule has 6 heteroatoms. The molecule has 6 nitrogen and oxygen atoms in total. The molecule has 0 radical (unpaired) electrons. The van der Waals surface area contributed by atoms with Crippen LogP contribution in [-0.2, 0) is 13.0 Å². The fraction of sp³-hybridized carbons (Fsp3) is 0.227. The van der Waals surface area contributed by atoms with Gasteiger partial charge in [-0.25, -0.2) is 9.97 Å². The van der Waals surface area contributed by atoms with Gasteiger partial charge < -0.3 is 16.0 Å². The Kier molecular flexibility index (Phi) is 4.93. The van der Waals surface area contributed by atoms with E-state index in [0.29, 0.717) is 18.4 Å². The first-order chi connectivity index (χ1) is 13.6. The van der Waals surface area contributed by atoms with Crippen LogP contribution in [0, 0.1) is 5.92 Å². The quantitative estimate of drug-likeness (QED) is 0.597. The van der Waals surface area contributed by atoms with Gasteiger partial charge in [-0.1, -0.05) is 26.0 Å². The Morgan fingerprint density at radius 2 is 1.68 bits per heavy atom. The lowest BCUT2D eigenvalue weighted by molar-refractivity contribution is 0.0966. The summed E-state index contributed by atoms with van der Waals surface area (Å²) < 4.78 is 0. The van der Waals surface area contributed by atoms with Crippen molar-refractivity contribution in [3.05, 3.63) is 71.5 Å². The zero-order valence-electron chi connectivity index (χ0n) is 16.0. The standard InChI is InChI=1S/C22H23N5O/c1-14(2)9-15-3-5-17(6-4-15)27-22-24-12-19(13-25-22)26-18-7-8-20-16(10-18)11-23-21(20)28/h3-8,10,12-14,26H,9,11H2,1-2H3,(H,23,28)(H,24,25,27). The first-order valence-corrected chi connectivity index (χ1v) is 9.43. The highest BCUT2D eigenvalue weighted by Gasteiger charge is 2.18. The minimum absolute atomic E-state index is 0.0162. The van der Waals surface area contributed by atoms with Crippen LogP contribution in [0.2, 0.25) is 0 Å². The Balaban J connectivity index is 1.39. The molecule has 1 aliphatic heterocycles. The van der Waals surface area contributed by atoms with E-state index >= 15 is 0 Å². The van der Waals surface area contributed by atoms with E-state index in [2.05, 4.69) is 51.9 Å². The Labute approximate surface area is 164 Å². The summed E-state index contributed by atoms with van der Waals surface area (Å²) >= 11 is 0. The molecule has 2 aromatic carbocycles. The van der Waals surface area contributed by atoms with E-state index in [9.17, 15) is 4.79 Å². The molecule has 0 spiro atoms. The molecule has 3 N–H and O–H groups in total. The number of fused-ring (bicyclic) bond motifs is 1. The second-order valence-corrected chi connectivity index (χ2v) is 7.39. The molecule has 4 rings (SSSR count). The topological polar surface area (TPSA) is 78.9 Å². The number of anilines is 4. The van der Waals surface area contributed by atoms with E-state index in [4.69, 9.17) is 0 Å². The number of hydrogen-bond donors (Lipinski definition) is 3. The maximum absolute atomic E-state index is 11.6. The smallest absolute Gasteiger partial charge is 0.251 e. The fourth-order valence-corrected chi connectivity index (χ4v) is 3.26. The van der Waals surface area contributed by atoms with Crippen molar-refractivity contribution in [2.24, 2.45) is 5.92 Å². The lowest BCUT2D eigenvalue weighted by atomic mass is 10.0. The van der Waals surface area contributed by atoms with Crippen molar-refractivity contribution >= 4 is 28.9 Å². The summed E-state index contributed by atoms with van der Waals surface area (Å²) in [5, 5.41) is 9.31. The maximum Gasteiger partial charge on any atom is 0.251 e. The molecule has 1 aliphatic rings. The zero-order valence-corrected chi connectivity index (χ0v) is 16.0. The predicted molar refractivity (Wildman–Crippen MR) is 111 cm³/mol. The molecule has 0 aliphatic carbocycles. The second-order valence-electron chi connectivity index (χ2n) is 7.39. The molecular formula is C22H23N5O. The van der Waals surface area contributed by atoms with Crippen LogP contribution in [-0.4, -0.2) is 15.9 Å². The highest BCUT2D eigenvalue weighted by atomic mass is 16.1. The van der Waals surface area contributed by atoms with Crippen molar-refractivity contribution in [2.75, 3.05) is 10.6 Å². The van der Waals surface area contributed by atoms with Crippen molar-refractivity contribution in [3.63, 3.8) is 0 Å². The van der Waals surface area contributed by atoms with Gasteiger partial charge in [0.25, 0.3) is 5.91 Å². The molecule has 0 bridgehead atoms. The summed E-state index contributed by atoms with van der Waals surface area (Å²) in [6.45, 7) is 5.00. The molecule has 0 atom stereocenters. The van der Waals surface area contributed by atoms with Crippen LogP contribution in [0.4, 0.5) is 23.0 Å². The van der Waals surface area contributed by atoms with E-state index in [1.54, 1.807) is 12.4 Å². The summed E-state index contributed by atoms with van der Waals surface area (Å²) in [6.07, 6.45) is 4.54. The summed E-state index contributed by atoms with van der Waals surface area (Å²) in [7, 11) is 0. The highest BCUT2D eigenvalue weighted by Crippen LogP contribution is 2.23. The van der Waals surface area contributed by atoms with E-state index in [1.165, 1.54) is 5.56 Å². The second kappa shape index (κ2) is 7.68. The van der Waals surface area contributed by atoms with Gasteiger partial charge in [0.1, 0.15) is 0 Å². The lowest BCUT2D eigenvalue weighted by Crippen LogP contribution is -2.12. The van der Waals surface area contributed by atoms with Crippen LogP contribution in [0.3, 0.4) is 0 Å². The number of benzene rings is 2. The third kappa shape index (κ3) is 4.11. The van der Waals surface area contributed by atoms with Gasteiger partial charge in [0.2, 0.25) is 5.95 Å². The largest absolute Gasteiger partial charge is 0.353 e. The third-order valence-electron chi connectivity index (χ3n) is 4.58. The van der Waals surface area contributed by atoms with E-state index in [0.717, 1.165) is 34.6 Å². The zero-order chi connectivity index (χ0) is 19.5. The Bertz CT molecular complexity index is 981. The lowest BCUT2D eigenvalue weighted by Gasteiger charge is -2.09. The average Bonchev–Trinajstić information content (AvgIpc) is 3.05. The minimum Gasteiger partial charge on any atom is -0.353 e. The maximum atomic E-state index is 11.6. The number of nitrogens with one attached hydrogen (secondary N) is 3. The summed E-state index contributed by atoms with van der Waals surface area (Å²) in [5.41, 5.74) is 5.71.